The molecule has 1 aromatic carbocycles. The molecule has 3 heterocycles. The minimum absolute atomic E-state index is 0.0321. The minimum atomic E-state index is -1.11. The number of aromatic carboxylic acids is 1. The molecule has 0 bridgehead atoms. The normalized spacial score (nSPS) is 16.4. The molecule has 0 saturated carbocycles. The second-order valence-electron chi connectivity index (χ2n) is 5.99. The molecule has 1 aliphatic rings. The highest BCUT2D eigenvalue weighted by Gasteiger charge is 2.34. The first kappa shape index (κ1) is 15.2. The smallest absolute Gasteiger partial charge is 0.339 e. The molecule has 2 aromatic heterocycles. The third-order valence-electron chi connectivity index (χ3n) is 4.32. The zero-order valence-electron chi connectivity index (χ0n) is 13.4. The molecule has 1 aliphatic heterocycles. The Morgan fingerprint density at radius 3 is 2.76 bits per heavy atom. The van der Waals surface area contributed by atoms with E-state index in [9.17, 15) is 14.7 Å². The van der Waals surface area contributed by atoms with Crippen LogP contribution in [0.15, 0.2) is 47.1 Å². The van der Waals surface area contributed by atoms with E-state index in [1.807, 2.05) is 30.3 Å². The first-order chi connectivity index (χ1) is 12.0. The molecule has 0 fully saturated rings. The minimum Gasteiger partial charge on any atom is -0.478 e. The van der Waals surface area contributed by atoms with Gasteiger partial charge in [0.25, 0.3) is 0 Å². The first-order valence-corrected chi connectivity index (χ1v) is 7.81. The van der Waals surface area contributed by atoms with Crippen LogP contribution in [0.2, 0.25) is 0 Å². The van der Waals surface area contributed by atoms with Crippen LogP contribution in [0.4, 0.5) is 5.69 Å². The van der Waals surface area contributed by atoms with Crippen LogP contribution in [-0.2, 0) is 4.79 Å². The number of carboxylic acid groups (broad SMARTS) is 1. The predicted molar refractivity (Wildman–Crippen MR) is 89.1 cm³/mol. The van der Waals surface area contributed by atoms with Crippen LogP contribution in [0.1, 0.15) is 39.7 Å². The lowest BCUT2D eigenvalue weighted by Crippen LogP contribution is -2.25. The Labute approximate surface area is 142 Å². The fourth-order valence-electron chi connectivity index (χ4n) is 3.25. The van der Waals surface area contributed by atoms with Gasteiger partial charge >= 0.3 is 5.97 Å². The Morgan fingerprint density at radius 2 is 2.12 bits per heavy atom. The predicted octanol–water partition coefficient (Wildman–Crippen LogP) is 2.95. The number of carbonyl (C=O) groups excluding carboxylic acids is 1. The molecular formula is C18H15N3O4. The average molecular weight is 337 g/mol. The van der Waals surface area contributed by atoms with Crippen LogP contribution in [0.5, 0.6) is 0 Å². The van der Waals surface area contributed by atoms with Crippen LogP contribution >= 0.6 is 0 Å². The maximum atomic E-state index is 12.2. The van der Waals surface area contributed by atoms with E-state index in [2.05, 4.69) is 10.5 Å². The maximum Gasteiger partial charge on any atom is 0.339 e. The zero-order chi connectivity index (χ0) is 17.6. The summed E-state index contributed by atoms with van der Waals surface area (Å²) in [6.07, 6.45) is 1.71. The van der Waals surface area contributed by atoms with Gasteiger partial charge < -0.3 is 14.9 Å². The number of nitrogens with zero attached hydrogens (tertiary/aromatic N) is 2. The number of hydrogen-bond donors (Lipinski definition) is 2. The van der Waals surface area contributed by atoms with Gasteiger partial charge in [0.15, 0.2) is 5.82 Å². The monoisotopic (exact) mass is 337 g/mol. The van der Waals surface area contributed by atoms with Gasteiger partial charge in [0.05, 0.1) is 11.4 Å². The van der Waals surface area contributed by atoms with E-state index in [0.29, 0.717) is 23.0 Å². The van der Waals surface area contributed by atoms with Gasteiger partial charge in [0, 0.05) is 24.6 Å². The number of aromatic nitrogens is 2. The Balaban J connectivity index is 1.97. The van der Waals surface area contributed by atoms with E-state index >= 15 is 0 Å². The highest BCUT2D eigenvalue weighted by Crippen LogP contribution is 2.41. The van der Waals surface area contributed by atoms with Gasteiger partial charge in [-0.3, -0.25) is 9.36 Å². The van der Waals surface area contributed by atoms with Crippen LogP contribution < -0.4 is 5.32 Å². The van der Waals surface area contributed by atoms with Gasteiger partial charge in [-0.05, 0) is 12.5 Å². The number of nitrogens with one attached hydrogen (secondary N) is 1. The van der Waals surface area contributed by atoms with E-state index in [1.54, 1.807) is 17.6 Å². The summed E-state index contributed by atoms with van der Waals surface area (Å²) in [4.78, 5) is 23.9. The SMILES string of the molecule is Cc1cc(-n2cc(C(=O)O)c3c2[C@H](c2ccccc2)CC(=O)N3)no1. The molecule has 1 amide bonds. The number of aryl methyl sites for hydroxylation is 1. The Kier molecular flexibility index (Phi) is 3.42. The Bertz CT molecular complexity index is 972. The van der Waals surface area contributed by atoms with Crippen LogP contribution in [-0.4, -0.2) is 26.7 Å². The van der Waals surface area contributed by atoms with Gasteiger partial charge in [-0.15, -0.1) is 0 Å². The summed E-state index contributed by atoms with van der Waals surface area (Å²) < 4.78 is 6.82. The lowest BCUT2D eigenvalue weighted by molar-refractivity contribution is -0.116. The Morgan fingerprint density at radius 1 is 1.36 bits per heavy atom. The molecular weight excluding hydrogens is 322 g/mol. The van der Waals surface area contributed by atoms with Crippen molar-refractivity contribution >= 4 is 17.6 Å². The maximum absolute atomic E-state index is 12.2. The van der Waals surface area contributed by atoms with E-state index in [0.717, 1.165) is 5.56 Å². The molecule has 7 nitrogen and oxygen atoms in total. The van der Waals surface area contributed by atoms with Gasteiger partial charge in [0.1, 0.15) is 11.3 Å². The third-order valence-corrected chi connectivity index (χ3v) is 4.32. The topological polar surface area (TPSA) is 97.4 Å². The number of fused-ring (bicyclic) bond motifs is 1. The standard InChI is InChI=1S/C18H15N3O4/c1-10-7-14(20-25-10)21-9-13(18(23)24)16-17(21)12(8-15(22)19-16)11-5-3-2-4-6-11/h2-7,9,12H,8H2,1H3,(H,19,22)(H,23,24)/t12-/m0/s1. The van der Waals surface area contributed by atoms with Crippen molar-refractivity contribution in [3.63, 3.8) is 0 Å². The summed E-state index contributed by atoms with van der Waals surface area (Å²) in [6, 6.07) is 11.3. The van der Waals surface area contributed by atoms with Crippen molar-refractivity contribution in [2.75, 3.05) is 5.32 Å². The second kappa shape index (κ2) is 5.62. The number of hydrogen-bond acceptors (Lipinski definition) is 4. The molecule has 0 unspecified atom stereocenters. The number of carboxylic acids is 1. The molecule has 0 aliphatic carbocycles. The first-order valence-electron chi connectivity index (χ1n) is 7.81. The van der Waals surface area contributed by atoms with E-state index in [1.165, 1.54) is 6.20 Å². The van der Waals surface area contributed by atoms with Crippen LogP contribution in [0.25, 0.3) is 5.82 Å². The largest absolute Gasteiger partial charge is 0.478 e. The molecule has 25 heavy (non-hydrogen) atoms. The third kappa shape index (κ3) is 2.50. The van der Waals surface area contributed by atoms with Gasteiger partial charge in [0.2, 0.25) is 5.91 Å². The molecule has 7 heteroatoms. The molecule has 3 aromatic rings. The highest BCUT2D eigenvalue weighted by atomic mass is 16.5. The summed E-state index contributed by atoms with van der Waals surface area (Å²) in [7, 11) is 0. The van der Waals surface area contributed by atoms with Crippen molar-refractivity contribution in [1.29, 1.82) is 0 Å². The number of anilines is 1. The molecule has 2 N–H and O–H groups in total. The van der Waals surface area contributed by atoms with Crippen LogP contribution in [0, 0.1) is 6.92 Å². The summed E-state index contributed by atoms with van der Waals surface area (Å²) >= 11 is 0. The Hall–Kier alpha value is -3.35. The molecule has 0 saturated heterocycles. The van der Waals surface area contributed by atoms with E-state index < -0.39 is 5.97 Å². The molecule has 0 radical (unpaired) electrons. The molecule has 1 atom stereocenters. The number of rotatable bonds is 3. The quantitative estimate of drug-likeness (QED) is 0.766. The van der Waals surface area contributed by atoms with Crippen molar-refractivity contribution in [2.45, 2.75) is 19.3 Å². The van der Waals surface area contributed by atoms with Crippen molar-refractivity contribution in [2.24, 2.45) is 0 Å². The van der Waals surface area contributed by atoms with E-state index in [-0.39, 0.29) is 23.8 Å². The highest BCUT2D eigenvalue weighted by molar-refractivity contribution is 6.04. The summed E-state index contributed by atoms with van der Waals surface area (Å²) in [6.45, 7) is 1.76. The van der Waals surface area contributed by atoms with Gasteiger partial charge in [-0.25, -0.2) is 4.79 Å². The lowest BCUT2D eigenvalue weighted by Gasteiger charge is -2.25. The fourth-order valence-corrected chi connectivity index (χ4v) is 3.25. The number of carbonyl (C=O) groups is 2. The number of amides is 1. The van der Waals surface area contributed by atoms with Gasteiger partial charge in [-0.1, -0.05) is 35.5 Å². The fraction of sp³-hybridized carbons (Fsp3) is 0.167. The molecule has 0 spiro atoms. The average Bonchev–Trinajstić information content (AvgIpc) is 3.18. The lowest BCUT2D eigenvalue weighted by atomic mass is 9.88. The molecule has 4 rings (SSSR count). The van der Waals surface area contributed by atoms with Crippen molar-refractivity contribution in [3.8, 4) is 5.82 Å². The summed E-state index contributed by atoms with van der Waals surface area (Å²) in [5.41, 5.74) is 1.98. The van der Waals surface area contributed by atoms with Crippen molar-refractivity contribution in [1.82, 2.24) is 9.72 Å². The van der Waals surface area contributed by atoms with Crippen LogP contribution in [0.3, 0.4) is 0 Å². The van der Waals surface area contributed by atoms with Crippen molar-refractivity contribution in [3.05, 3.63) is 65.2 Å². The zero-order valence-corrected chi connectivity index (χ0v) is 13.4. The van der Waals surface area contributed by atoms with Gasteiger partial charge in [-0.2, -0.15) is 0 Å². The second-order valence-corrected chi connectivity index (χ2v) is 5.99. The summed E-state index contributed by atoms with van der Waals surface area (Å²) in [5, 5.41) is 16.2. The molecule has 126 valence electrons. The summed E-state index contributed by atoms with van der Waals surface area (Å²) in [5.74, 6) is -0.485. The number of benzene rings is 1. The van der Waals surface area contributed by atoms with E-state index in [4.69, 9.17) is 4.52 Å². The van der Waals surface area contributed by atoms with Crippen molar-refractivity contribution < 1.29 is 19.2 Å².